The minimum Gasteiger partial charge on any atom is -0.242 e. The standard InChI is InChI=1S/C17H12N2/c1-19-17-7-6-16(10-17)15-5-4-14(9-15)13-3-2-12(8-13)11-18/h2-7H,8-10H2. The van der Waals surface area contributed by atoms with Gasteiger partial charge < -0.3 is 0 Å². The van der Waals surface area contributed by atoms with Crippen molar-refractivity contribution in [2.75, 3.05) is 0 Å². The predicted molar refractivity (Wildman–Crippen MR) is 74.6 cm³/mol. The zero-order valence-electron chi connectivity index (χ0n) is 10.5. The summed E-state index contributed by atoms with van der Waals surface area (Å²) in [5.74, 6) is 0. The molecule has 0 fully saturated rings. The fourth-order valence-corrected chi connectivity index (χ4v) is 2.59. The fraction of sp³-hybridized carbons (Fsp3) is 0.176. The zero-order valence-corrected chi connectivity index (χ0v) is 10.5. The van der Waals surface area contributed by atoms with E-state index in [1.807, 2.05) is 18.2 Å². The first-order valence-corrected chi connectivity index (χ1v) is 6.27. The van der Waals surface area contributed by atoms with Crippen LogP contribution in [0.3, 0.4) is 0 Å². The molecule has 90 valence electrons. The van der Waals surface area contributed by atoms with E-state index >= 15 is 0 Å². The van der Waals surface area contributed by atoms with Gasteiger partial charge in [0.2, 0.25) is 0 Å². The van der Waals surface area contributed by atoms with Crippen LogP contribution in [0, 0.1) is 17.9 Å². The van der Waals surface area contributed by atoms with E-state index in [4.69, 9.17) is 11.8 Å². The van der Waals surface area contributed by atoms with Crippen LogP contribution in [0.4, 0.5) is 0 Å². The molecule has 3 aliphatic rings. The molecule has 0 N–H and O–H groups in total. The van der Waals surface area contributed by atoms with Crippen LogP contribution in [0.5, 0.6) is 0 Å². The summed E-state index contributed by atoms with van der Waals surface area (Å²) in [6.45, 7) is 7.02. The highest BCUT2D eigenvalue weighted by Crippen LogP contribution is 2.37. The van der Waals surface area contributed by atoms with Gasteiger partial charge in [-0.3, -0.25) is 0 Å². The Morgan fingerprint density at radius 1 is 0.842 bits per heavy atom. The molecule has 2 nitrogen and oxygen atoms in total. The summed E-state index contributed by atoms with van der Waals surface area (Å²) in [5.41, 5.74) is 6.76. The number of rotatable bonds is 2. The van der Waals surface area contributed by atoms with E-state index in [1.54, 1.807) is 0 Å². The predicted octanol–water partition coefficient (Wildman–Crippen LogP) is 4.16. The smallest absolute Gasteiger partial charge is 0.169 e. The molecule has 0 radical (unpaired) electrons. The summed E-state index contributed by atoms with van der Waals surface area (Å²) in [7, 11) is 0. The van der Waals surface area contributed by atoms with Crippen LogP contribution in [0.15, 0.2) is 70.0 Å². The Hall–Kier alpha value is -2.58. The Bertz CT molecular complexity index is 645. The normalized spacial score (nSPS) is 20.7. The number of nitrogens with zero attached hydrogens (tertiary/aromatic N) is 2. The van der Waals surface area contributed by atoms with Crippen molar-refractivity contribution in [3.05, 3.63) is 81.4 Å². The molecule has 3 rings (SSSR count). The summed E-state index contributed by atoms with van der Waals surface area (Å²) in [6.07, 6.45) is 14.6. The maximum atomic E-state index is 8.88. The van der Waals surface area contributed by atoms with Gasteiger partial charge in [-0.05, 0) is 29.2 Å². The first-order valence-electron chi connectivity index (χ1n) is 6.27. The lowest BCUT2D eigenvalue weighted by atomic mass is 9.97. The van der Waals surface area contributed by atoms with Gasteiger partial charge in [-0.15, -0.1) is 0 Å². The highest BCUT2D eigenvalue weighted by atomic mass is 14.7. The molecular formula is C17H12N2. The minimum atomic E-state index is 0.758. The van der Waals surface area contributed by atoms with Crippen LogP contribution in [0.2, 0.25) is 0 Å². The van der Waals surface area contributed by atoms with Crippen molar-refractivity contribution in [3.63, 3.8) is 0 Å². The highest BCUT2D eigenvalue weighted by molar-refractivity contribution is 5.57. The third-order valence-electron chi connectivity index (χ3n) is 3.69. The fourth-order valence-electron chi connectivity index (χ4n) is 2.59. The van der Waals surface area contributed by atoms with E-state index in [0.717, 1.165) is 30.5 Å². The molecule has 0 atom stereocenters. The van der Waals surface area contributed by atoms with E-state index in [1.165, 1.54) is 22.3 Å². The Labute approximate surface area is 112 Å². The first-order chi connectivity index (χ1) is 9.30. The Kier molecular flexibility index (Phi) is 2.78. The third-order valence-corrected chi connectivity index (χ3v) is 3.69. The van der Waals surface area contributed by atoms with Crippen molar-refractivity contribution in [3.8, 4) is 6.07 Å². The maximum Gasteiger partial charge on any atom is 0.169 e. The number of nitriles is 1. The second-order valence-electron chi connectivity index (χ2n) is 4.87. The van der Waals surface area contributed by atoms with Gasteiger partial charge >= 0.3 is 0 Å². The third kappa shape index (κ3) is 2.09. The van der Waals surface area contributed by atoms with Crippen LogP contribution < -0.4 is 0 Å². The average Bonchev–Trinajstić information content (AvgIpc) is 3.16. The summed E-state index contributed by atoms with van der Waals surface area (Å²) < 4.78 is 0. The molecule has 2 heteroatoms. The summed E-state index contributed by atoms with van der Waals surface area (Å²) in [4.78, 5) is 3.49. The van der Waals surface area contributed by atoms with Crippen LogP contribution in [-0.4, -0.2) is 0 Å². The first kappa shape index (κ1) is 11.5. The largest absolute Gasteiger partial charge is 0.242 e. The van der Waals surface area contributed by atoms with Crippen molar-refractivity contribution in [1.82, 2.24) is 0 Å². The molecule has 0 aromatic heterocycles. The summed E-state index contributed by atoms with van der Waals surface area (Å²) >= 11 is 0. The van der Waals surface area contributed by atoms with Gasteiger partial charge in [0.05, 0.1) is 12.6 Å². The molecule has 0 aliphatic heterocycles. The lowest BCUT2D eigenvalue weighted by molar-refractivity contribution is 1.08. The van der Waals surface area contributed by atoms with Crippen LogP contribution in [0.1, 0.15) is 19.3 Å². The molecule has 0 unspecified atom stereocenters. The molecular weight excluding hydrogens is 232 g/mol. The Morgan fingerprint density at radius 3 is 2.00 bits per heavy atom. The Morgan fingerprint density at radius 2 is 1.42 bits per heavy atom. The molecule has 0 aromatic carbocycles. The second-order valence-corrected chi connectivity index (χ2v) is 4.87. The molecule has 0 aromatic rings. The van der Waals surface area contributed by atoms with Crippen LogP contribution >= 0.6 is 0 Å². The molecule has 0 amide bonds. The summed E-state index contributed by atoms with van der Waals surface area (Å²) in [6, 6.07) is 2.21. The molecule has 19 heavy (non-hydrogen) atoms. The highest BCUT2D eigenvalue weighted by Gasteiger charge is 2.20. The monoisotopic (exact) mass is 244 g/mol. The maximum absolute atomic E-state index is 8.88. The molecule has 0 saturated carbocycles. The molecule has 0 bridgehead atoms. The van der Waals surface area contributed by atoms with Gasteiger partial charge in [-0.2, -0.15) is 5.26 Å². The van der Waals surface area contributed by atoms with E-state index < -0.39 is 0 Å². The van der Waals surface area contributed by atoms with Crippen molar-refractivity contribution in [1.29, 1.82) is 5.26 Å². The van der Waals surface area contributed by atoms with Crippen molar-refractivity contribution < 1.29 is 0 Å². The van der Waals surface area contributed by atoms with E-state index in [0.29, 0.717) is 0 Å². The van der Waals surface area contributed by atoms with Gasteiger partial charge in [0.25, 0.3) is 0 Å². The number of hydrogen-bond acceptors (Lipinski definition) is 1. The topological polar surface area (TPSA) is 28.1 Å². The van der Waals surface area contributed by atoms with Crippen LogP contribution in [-0.2, 0) is 0 Å². The van der Waals surface area contributed by atoms with Gasteiger partial charge in [-0.1, -0.05) is 36.0 Å². The average molecular weight is 244 g/mol. The second kappa shape index (κ2) is 4.59. The van der Waals surface area contributed by atoms with Crippen molar-refractivity contribution >= 4 is 0 Å². The van der Waals surface area contributed by atoms with E-state index in [-0.39, 0.29) is 0 Å². The van der Waals surface area contributed by atoms with Gasteiger partial charge in [-0.25, -0.2) is 4.85 Å². The SMILES string of the molecule is [C-]#[N+]C1=CC=C(C2=CC=C(C3=CC=C(C#N)C3)C2)C1. The van der Waals surface area contributed by atoms with Crippen LogP contribution in [0.25, 0.3) is 4.85 Å². The van der Waals surface area contributed by atoms with Crippen molar-refractivity contribution in [2.24, 2.45) is 0 Å². The van der Waals surface area contributed by atoms with Crippen molar-refractivity contribution in [2.45, 2.75) is 19.3 Å². The number of allylic oxidation sites excluding steroid dienone is 11. The van der Waals surface area contributed by atoms with Gasteiger partial charge in [0, 0.05) is 18.4 Å². The quantitative estimate of drug-likeness (QED) is 0.670. The number of hydrogen-bond donors (Lipinski definition) is 0. The van der Waals surface area contributed by atoms with Gasteiger partial charge in [0.1, 0.15) is 0 Å². The molecule has 3 aliphatic carbocycles. The van der Waals surface area contributed by atoms with E-state index in [9.17, 15) is 0 Å². The lowest BCUT2D eigenvalue weighted by Gasteiger charge is -2.08. The molecule has 0 heterocycles. The minimum absolute atomic E-state index is 0.758. The van der Waals surface area contributed by atoms with E-state index in [2.05, 4.69) is 29.1 Å². The zero-order chi connectivity index (χ0) is 13.2. The summed E-state index contributed by atoms with van der Waals surface area (Å²) in [5, 5.41) is 8.88. The van der Waals surface area contributed by atoms with Gasteiger partial charge in [0.15, 0.2) is 5.70 Å². The lowest BCUT2D eigenvalue weighted by Crippen LogP contribution is -1.90. The Balaban J connectivity index is 1.63. The molecule has 0 spiro atoms. The molecule has 0 saturated heterocycles.